The van der Waals surface area contributed by atoms with Gasteiger partial charge in [-0.1, -0.05) is 47.5 Å². The van der Waals surface area contributed by atoms with Crippen molar-refractivity contribution in [3.63, 3.8) is 0 Å². The van der Waals surface area contributed by atoms with Gasteiger partial charge in [-0.05, 0) is 51.0 Å². The average molecular weight is 383 g/mol. The van der Waals surface area contributed by atoms with Crippen molar-refractivity contribution >= 4 is 29.0 Å². The smallest absolute Gasteiger partial charge is 0.307 e. The van der Waals surface area contributed by atoms with Crippen LogP contribution in [0.25, 0.3) is 0 Å². The van der Waals surface area contributed by atoms with Crippen molar-refractivity contribution in [1.29, 1.82) is 0 Å². The third-order valence-corrected chi connectivity index (χ3v) is 4.90. The van der Waals surface area contributed by atoms with Gasteiger partial charge in [-0.3, -0.25) is 4.68 Å². The zero-order valence-electron chi connectivity index (χ0n) is 15.9. The summed E-state index contributed by atoms with van der Waals surface area (Å²) in [6, 6.07) is 13.3. The molecule has 0 fully saturated rings. The summed E-state index contributed by atoms with van der Waals surface area (Å²) in [6.45, 7) is 8.36. The molecule has 3 aromatic rings. The summed E-state index contributed by atoms with van der Waals surface area (Å²) in [7, 11) is 0. The van der Waals surface area contributed by atoms with Crippen LogP contribution in [0.15, 0.2) is 42.5 Å². The molecule has 0 aliphatic heterocycles. The fraction of sp³-hybridized carbons (Fsp3) is 0.238. The Morgan fingerprint density at radius 3 is 2.52 bits per heavy atom. The number of aryl methyl sites for hydroxylation is 3. The molecule has 1 aromatic heterocycles. The van der Waals surface area contributed by atoms with Crippen LogP contribution in [0.4, 0.5) is 16.2 Å². The molecule has 0 atom stereocenters. The first-order chi connectivity index (χ1) is 12.8. The Bertz CT molecular complexity index is 994. The Morgan fingerprint density at radius 1 is 1.07 bits per heavy atom. The molecule has 6 heteroatoms. The number of nitrogens with one attached hydrogen (secondary N) is 2. The highest BCUT2D eigenvalue weighted by molar-refractivity contribution is 6.31. The normalized spacial score (nSPS) is 10.7. The molecular weight excluding hydrogens is 360 g/mol. The number of carbonyl (C=O) groups is 1. The number of halogens is 1. The zero-order chi connectivity index (χ0) is 19.6. The summed E-state index contributed by atoms with van der Waals surface area (Å²) in [5, 5.41) is 11.1. The van der Waals surface area contributed by atoms with E-state index in [4.69, 9.17) is 11.6 Å². The zero-order valence-corrected chi connectivity index (χ0v) is 16.7. The Morgan fingerprint density at radius 2 is 1.81 bits per heavy atom. The number of carbonyl (C=O) groups excluding carboxylic acids is 1. The first-order valence-electron chi connectivity index (χ1n) is 8.78. The molecule has 0 saturated carbocycles. The van der Waals surface area contributed by atoms with Crippen LogP contribution in [0, 0.1) is 27.7 Å². The second kappa shape index (κ2) is 7.84. The quantitative estimate of drug-likeness (QED) is 0.629. The molecule has 0 radical (unpaired) electrons. The summed E-state index contributed by atoms with van der Waals surface area (Å²) in [5.41, 5.74) is 6.30. The molecule has 140 valence electrons. The predicted octanol–water partition coefficient (Wildman–Crippen LogP) is 5.46. The molecule has 0 saturated heterocycles. The molecule has 2 aromatic carbocycles. The van der Waals surface area contributed by atoms with Crippen LogP contribution < -0.4 is 10.6 Å². The number of hydrogen-bond acceptors (Lipinski definition) is 2. The summed E-state index contributed by atoms with van der Waals surface area (Å²) in [5.74, 6) is 0. The van der Waals surface area contributed by atoms with E-state index in [1.165, 1.54) is 0 Å². The van der Waals surface area contributed by atoms with E-state index >= 15 is 0 Å². The molecule has 1 heterocycles. The number of hydrogen-bond donors (Lipinski definition) is 2. The number of aromatic nitrogens is 2. The minimum absolute atomic E-state index is 0.287. The lowest BCUT2D eigenvalue weighted by Crippen LogP contribution is -2.20. The van der Waals surface area contributed by atoms with Crippen LogP contribution in [-0.4, -0.2) is 15.8 Å². The maximum Gasteiger partial charge on any atom is 0.323 e. The van der Waals surface area contributed by atoms with E-state index in [-0.39, 0.29) is 6.03 Å². The van der Waals surface area contributed by atoms with Crippen molar-refractivity contribution in [2.24, 2.45) is 0 Å². The summed E-state index contributed by atoms with van der Waals surface area (Å²) < 4.78 is 1.85. The SMILES string of the molecule is Cc1ccc(NC(=O)Nc2c(C)nn(Cc3ccccc3Cl)c2C)c(C)c1. The van der Waals surface area contributed by atoms with Gasteiger partial charge in [0.2, 0.25) is 0 Å². The highest BCUT2D eigenvalue weighted by atomic mass is 35.5. The van der Waals surface area contributed by atoms with Gasteiger partial charge in [0.15, 0.2) is 0 Å². The standard InChI is InChI=1S/C21H23ClN4O/c1-13-9-10-19(14(2)11-13)23-21(27)24-20-15(3)25-26(16(20)4)12-17-7-5-6-8-18(17)22/h5-11H,12H2,1-4H3,(H2,23,24,27). The van der Waals surface area contributed by atoms with Gasteiger partial charge in [-0.15, -0.1) is 0 Å². The molecule has 0 unspecified atom stereocenters. The topological polar surface area (TPSA) is 59.0 Å². The molecular formula is C21H23ClN4O. The highest BCUT2D eigenvalue weighted by Gasteiger charge is 2.15. The van der Waals surface area contributed by atoms with Crippen molar-refractivity contribution in [3.8, 4) is 0 Å². The lowest BCUT2D eigenvalue weighted by Gasteiger charge is -2.11. The second-order valence-corrected chi connectivity index (χ2v) is 7.10. The lowest BCUT2D eigenvalue weighted by molar-refractivity contribution is 0.262. The Kier molecular flexibility index (Phi) is 5.51. The van der Waals surface area contributed by atoms with Gasteiger partial charge in [-0.2, -0.15) is 5.10 Å². The minimum Gasteiger partial charge on any atom is -0.307 e. The Labute approximate surface area is 164 Å². The first-order valence-corrected chi connectivity index (χ1v) is 9.15. The van der Waals surface area contributed by atoms with Gasteiger partial charge < -0.3 is 10.6 Å². The van der Waals surface area contributed by atoms with Crippen molar-refractivity contribution < 1.29 is 4.79 Å². The van der Waals surface area contributed by atoms with Crippen LogP contribution in [0.3, 0.4) is 0 Å². The van der Waals surface area contributed by atoms with E-state index in [1.807, 2.05) is 74.8 Å². The Hall–Kier alpha value is -2.79. The van der Waals surface area contributed by atoms with Gasteiger partial charge in [0.25, 0.3) is 0 Å². The number of urea groups is 1. The van der Waals surface area contributed by atoms with Crippen molar-refractivity contribution in [3.05, 3.63) is 75.6 Å². The lowest BCUT2D eigenvalue weighted by atomic mass is 10.1. The van der Waals surface area contributed by atoms with E-state index < -0.39 is 0 Å². The maximum absolute atomic E-state index is 12.5. The third-order valence-electron chi connectivity index (χ3n) is 4.53. The van der Waals surface area contributed by atoms with E-state index in [0.29, 0.717) is 17.3 Å². The monoisotopic (exact) mass is 382 g/mol. The van der Waals surface area contributed by atoms with E-state index in [1.54, 1.807) is 0 Å². The van der Waals surface area contributed by atoms with Gasteiger partial charge in [0.05, 0.1) is 23.6 Å². The van der Waals surface area contributed by atoms with Crippen LogP contribution in [-0.2, 0) is 6.54 Å². The molecule has 0 aliphatic rings. The number of nitrogens with zero attached hydrogens (tertiary/aromatic N) is 2. The van der Waals surface area contributed by atoms with Gasteiger partial charge in [0.1, 0.15) is 0 Å². The number of anilines is 2. The Balaban J connectivity index is 1.76. The molecule has 2 N–H and O–H groups in total. The van der Waals surface area contributed by atoms with Gasteiger partial charge >= 0.3 is 6.03 Å². The number of rotatable bonds is 4. The average Bonchev–Trinajstić information content (AvgIpc) is 2.87. The molecule has 2 amide bonds. The first kappa shape index (κ1) is 19.0. The van der Waals surface area contributed by atoms with E-state index in [0.717, 1.165) is 33.8 Å². The molecule has 3 rings (SSSR count). The number of benzene rings is 2. The van der Waals surface area contributed by atoms with Crippen molar-refractivity contribution in [1.82, 2.24) is 9.78 Å². The summed E-state index contributed by atoms with van der Waals surface area (Å²) in [6.07, 6.45) is 0. The summed E-state index contributed by atoms with van der Waals surface area (Å²) >= 11 is 6.25. The molecule has 5 nitrogen and oxygen atoms in total. The van der Waals surface area contributed by atoms with E-state index in [2.05, 4.69) is 15.7 Å². The van der Waals surface area contributed by atoms with Gasteiger partial charge in [0, 0.05) is 10.7 Å². The molecule has 0 aliphatic carbocycles. The van der Waals surface area contributed by atoms with Gasteiger partial charge in [-0.25, -0.2) is 4.79 Å². The van der Waals surface area contributed by atoms with Crippen molar-refractivity contribution in [2.75, 3.05) is 10.6 Å². The fourth-order valence-corrected chi connectivity index (χ4v) is 3.24. The maximum atomic E-state index is 12.5. The largest absolute Gasteiger partial charge is 0.323 e. The molecule has 0 spiro atoms. The third kappa shape index (κ3) is 4.31. The van der Waals surface area contributed by atoms with Crippen LogP contribution >= 0.6 is 11.6 Å². The minimum atomic E-state index is -0.287. The van der Waals surface area contributed by atoms with Crippen LogP contribution in [0.5, 0.6) is 0 Å². The second-order valence-electron chi connectivity index (χ2n) is 6.69. The summed E-state index contributed by atoms with van der Waals surface area (Å²) in [4.78, 5) is 12.5. The van der Waals surface area contributed by atoms with Crippen LogP contribution in [0.1, 0.15) is 28.1 Å². The van der Waals surface area contributed by atoms with Crippen molar-refractivity contribution in [2.45, 2.75) is 34.2 Å². The fourth-order valence-electron chi connectivity index (χ4n) is 3.04. The predicted molar refractivity (Wildman–Crippen MR) is 111 cm³/mol. The highest BCUT2D eigenvalue weighted by Crippen LogP contribution is 2.23. The molecule has 27 heavy (non-hydrogen) atoms. The van der Waals surface area contributed by atoms with E-state index in [9.17, 15) is 4.79 Å². The number of amides is 2. The molecule has 0 bridgehead atoms. The van der Waals surface area contributed by atoms with Crippen LogP contribution in [0.2, 0.25) is 5.02 Å².